The number of nitrogens with two attached hydrogens (primary N) is 2. The van der Waals surface area contributed by atoms with Crippen LogP contribution in [-0.4, -0.2) is 9.97 Å². The summed E-state index contributed by atoms with van der Waals surface area (Å²) in [5.74, 6) is 0. The van der Waals surface area contributed by atoms with E-state index < -0.39 is 0 Å². The maximum absolute atomic E-state index is 9.64. The van der Waals surface area contributed by atoms with Crippen molar-refractivity contribution in [2.45, 2.75) is 0 Å². The maximum Gasteiger partial charge on any atom is 0.0998 e. The van der Waals surface area contributed by atoms with Gasteiger partial charge >= 0.3 is 0 Å². The number of benzene rings is 4. The zero-order valence-corrected chi connectivity index (χ0v) is 16.6. The Balaban J connectivity index is 1.78. The first-order chi connectivity index (χ1) is 15.6. The van der Waals surface area contributed by atoms with Gasteiger partial charge in [0.25, 0.3) is 0 Å². The van der Waals surface area contributed by atoms with Gasteiger partial charge in [0.15, 0.2) is 0 Å². The molecule has 0 aliphatic carbocycles. The summed E-state index contributed by atoms with van der Waals surface area (Å²) in [7, 11) is 0. The van der Waals surface area contributed by atoms with Gasteiger partial charge in [-0.25, -0.2) is 9.97 Å². The number of fused-ring (bicyclic) bond motifs is 6. The molecule has 1 aromatic heterocycles. The lowest BCUT2D eigenvalue weighted by Gasteiger charge is -2.05. The molecule has 0 fully saturated rings. The molecular formula is C26H12N6. The van der Waals surface area contributed by atoms with E-state index in [1.54, 1.807) is 12.1 Å². The molecule has 4 N–H and O–H groups in total. The Hall–Kier alpha value is -4.94. The van der Waals surface area contributed by atoms with Crippen molar-refractivity contribution in [1.82, 2.24) is 9.97 Å². The highest BCUT2D eigenvalue weighted by atomic mass is 14.8. The van der Waals surface area contributed by atoms with E-state index in [9.17, 15) is 10.5 Å². The second-order valence-corrected chi connectivity index (χ2v) is 8.07. The maximum atomic E-state index is 9.64. The molecule has 0 bridgehead atoms. The van der Waals surface area contributed by atoms with Gasteiger partial charge in [0.05, 0.1) is 45.3 Å². The molecule has 6 heteroatoms. The van der Waals surface area contributed by atoms with E-state index >= 15 is 0 Å². The van der Waals surface area contributed by atoms with Crippen LogP contribution in [0.4, 0.5) is 11.4 Å². The zero-order chi connectivity index (χ0) is 21.7. The lowest BCUT2D eigenvalue weighted by Crippen LogP contribution is -1.92. The fourth-order valence-corrected chi connectivity index (χ4v) is 5.21. The van der Waals surface area contributed by atoms with E-state index in [-0.39, 0.29) is 0 Å². The number of nitrogen functional groups attached to an aromatic ring is 2. The van der Waals surface area contributed by atoms with E-state index in [0.29, 0.717) is 27.9 Å². The smallest absolute Gasteiger partial charge is 0.0998 e. The lowest BCUT2D eigenvalue weighted by molar-refractivity contribution is 1.46. The Morgan fingerprint density at radius 2 is 0.875 bits per heavy atom. The quantitative estimate of drug-likeness (QED) is 0.333. The van der Waals surface area contributed by atoms with Crippen molar-refractivity contribution in [3.8, 4) is 12.1 Å². The van der Waals surface area contributed by atoms with Crippen molar-refractivity contribution in [3.63, 3.8) is 0 Å². The molecule has 0 unspecified atom stereocenters. The van der Waals surface area contributed by atoms with Crippen LogP contribution >= 0.6 is 0 Å². The highest BCUT2D eigenvalue weighted by molar-refractivity contribution is 6.35. The highest BCUT2D eigenvalue weighted by Crippen LogP contribution is 2.44. The summed E-state index contributed by atoms with van der Waals surface area (Å²) in [4.78, 5) is 10.1. The molecule has 0 spiro atoms. The Labute approximate surface area is 180 Å². The van der Waals surface area contributed by atoms with Crippen LogP contribution in [0.1, 0.15) is 11.1 Å². The summed E-state index contributed by atoms with van der Waals surface area (Å²) in [6.07, 6.45) is 0. The van der Waals surface area contributed by atoms with E-state index in [2.05, 4.69) is 12.1 Å². The summed E-state index contributed by atoms with van der Waals surface area (Å²) < 4.78 is 0. The Bertz CT molecular complexity index is 1890. The SMILES string of the molecule is N#Cc1ccc2c3nc4c5ccc(N)c6c(N)ccc(c4nc3c3ccc(C#N)c1c23)c65. The summed E-state index contributed by atoms with van der Waals surface area (Å²) in [5.41, 5.74) is 17.8. The van der Waals surface area contributed by atoms with Gasteiger partial charge in [-0.05, 0) is 24.3 Å². The molecule has 7 aromatic rings. The minimum Gasteiger partial charge on any atom is -0.398 e. The van der Waals surface area contributed by atoms with Gasteiger partial charge < -0.3 is 11.5 Å². The number of nitrogens with zero attached hydrogens (tertiary/aromatic N) is 4. The highest BCUT2D eigenvalue weighted by Gasteiger charge is 2.22. The number of hydrogen-bond donors (Lipinski definition) is 2. The minimum absolute atomic E-state index is 0.476. The predicted octanol–water partition coefficient (Wildman–Crippen LogP) is 5.18. The van der Waals surface area contributed by atoms with E-state index in [4.69, 9.17) is 21.4 Å². The first-order valence-corrected chi connectivity index (χ1v) is 10.1. The monoisotopic (exact) mass is 408 g/mol. The number of nitriles is 2. The zero-order valence-electron chi connectivity index (χ0n) is 16.6. The third-order valence-corrected chi connectivity index (χ3v) is 6.54. The third kappa shape index (κ3) is 1.75. The van der Waals surface area contributed by atoms with Crippen LogP contribution in [-0.2, 0) is 0 Å². The van der Waals surface area contributed by atoms with Crippen LogP contribution in [0.15, 0.2) is 48.5 Å². The number of hydrogen-bond acceptors (Lipinski definition) is 6. The second-order valence-electron chi connectivity index (χ2n) is 8.07. The van der Waals surface area contributed by atoms with Crippen molar-refractivity contribution in [1.29, 1.82) is 10.5 Å². The normalized spacial score (nSPS) is 11.9. The summed E-state index contributed by atoms with van der Waals surface area (Å²) in [5, 5.41) is 26.3. The van der Waals surface area contributed by atoms with Crippen LogP contribution in [0.2, 0.25) is 0 Å². The molecule has 1 heterocycles. The van der Waals surface area contributed by atoms with Gasteiger partial charge in [0, 0.05) is 54.5 Å². The van der Waals surface area contributed by atoms with Crippen molar-refractivity contribution in [2.24, 2.45) is 0 Å². The molecule has 0 aliphatic rings. The fourth-order valence-electron chi connectivity index (χ4n) is 5.21. The van der Waals surface area contributed by atoms with Crippen molar-refractivity contribution >= 4 is 76.5 Å². The molecule has 32 heavy (non-hydrogen) atoms. The predicted molar refractivity (Wildman–Crippen MR) is 128 cm³/mol. The summed E-state index contributed by atoms with van der Waals surface area (Å²) >= 11 is 0. The molecular weight excluding hydrogens is 396 g/mol. The Kier molecular flexibility index (Phi) is 2.84. The number of rotatable bonds is 0. The Morgan fingerprint density at radius 3 is 1.28 bits per heavy atom. The topological polar surface area (TPSA) is 125 Å². The molecule has 7 rings (SSSR count). The number of anilines is 2. The average Bonchev–Trinajstić information content (AvgIpc) is 3.30. The molecule has 0 saturated heterocycles. The lowest BCUT2D eigenvalue weighted by atomic mass is 9.98. The van der Waals surface area contributed by atoms with Gasteiger partial charge in [-0.3, -0.25) is 0 Å². The summed E-state index contributed by atoms with van der Waals surface area (Å²) in [6, 6.07) is 19.4. The van der Waals surface area contributed by atoms with E-state index in [0.717, 1.165) is 59.8 Å². The molecule has 6 aromatic carbocycles. The van der Waals surface area contributed by atoms with Gasteiger partial charge in [-0.15, -0.1) is 0 Å². The van der Waals surface area contributed by atoms with Crippen molar-refractivity contribution in [2.75, 3.05) is 11.5 Å². The molecule has 0 atom stereocenters. The largest absolute Gasteiger partial charge is 0.398 e. The minimum atomic E-state index is 0.476. The molecule has 0 aliphatic heterocycles. The summed E-state index contributed by atoms with van der Waals surface area (Å²) in [6.45, 7) is 0. The average molecular weight is 408 g/mol. The van der Waals surface area contributed by atoms with Gasteiger partial charge in [-0.1, -0.05) is 24.3 Å². The van der Waals surface area contributed by atoms with E-state index in [1.807, 2.05) is 36.4 Å². The van der Waals surface area contributed by atoms with Crippen LogP contribution in [0.3, 0.4) is 0 Å². The first-order valence-electron chi connectivity index (χ1n) is 10.1. The Morgan fingerprint density at radius 1 is 0.500 bits per heavy atom. The third-order valence-electron chi connectivity index (χ3n) is 6.54. The second kappa shape index (κ2) is 5.40. The molecule has 6 nitrogen and oxygen atoms in total. The van der Waals surface area contributed by atoms with E-state index in [1.165, 1.54) is 0 Å². The first kappa shape index (κ1) is 16.8. The number of aromatic nitrogens is 2. The van der Waals surface area contributed by atoms with Gasteiger partial charge in [-0.2, -0.15) is 10.5 Å². The molecule has 0 radical (unpaired) electrons. The molecule has 0 amide bonds. The van der Waals surface area contributed by atoms with Crippen LogP contribution in [0.25, 0.3) is 65.2 Å². The fraction of sp³-hybridized carbons (Fsp3) is 0. The van der Waals surface area contributed by atoms with Gasteiger partial charge in [0.1, 0.15) is 0 Å². The molecule has 146 valence electrons. The van der Waals surface area contributed by atoms with Crippen molar-refractivity contribution in [3.05, 3.63) is 59.7 Å². The molecule has 0 saturated carbocycles. The standard InChI is InChI=1S/C26H12N6/c27-9-11-1-3-13-20-14(4-2-12(10-28)19(11)20)24-23(13)31-25-15-5-7-17(29)22-18(30)8-6-16(21(15)22)26(25)32-24/h1-8H,29-30H2. The van der Waals surface area contributed by atoms with Crippen LogP contribution in [0.5, 0.6) is 0 Å². The van der Waals surface area contributed by atoms with Crippen LogP contribution in [0, 0.1) is 22.7 Å². The van der Waals surface area contributed by atoms with Crippen molar-refractivity contribution < 1.29 is 0 Å². The van der Waals surface area contributed by atoms with Gasteiger partial charge in [0.2, 0.25) is 0 Å². The van der Waals surface area contributed by atoms with Crippen LogP contribution < -0.4 is 11.5 Å².